The van der Waals surface area contributed by atoms with Crippen LogP contribution < -0.4 is 4.90 Å². The molecule has 0 spiro atoms. The summed E-state index contributed by atoms with van der Waals surface area (Å²) in [4.78, 5) is 77.8. The Morgan fingerprint density at radius 1 is 0.615 bits per heavy atom. The van der Waals surface area contributed by atoms with E-state index < -0.39 is 24.3 Å². The smallest absolute Gasteiger partial charge is 0.407 e. The predicted molar refractivity (Wildman–Crippen MR) is 246 cm³/mol. The van der Waals surface area contributed by atoms with Crippen LogP contribution in [0, 0.1) is 11.8 Å². The van der Waals surface area contributed by atoms with E-state index in [1.165, 1.54) is 40.6 Å². The minimum Gasteiger partial charge on any atom is -0.465 e. The van der Waals surface area contributed by atoms with Crippen LogP contribution in [0.5, 0.6) is 0 Å². The van der Waals surface area contributed by atoms with Gasteiger partial charge in [0.15, 0.2) is 0 Å². The zero-order valence-corrected chi connectivity index (χ0v) is 38.0. The number of likely N-dealkylation sites (tertiary alicyclic amines) is 2. The number of aromatic nitrogens is 4. The quantitative estimate of drug-likeness (QED) is 0.101. The number of amides is 4. The van der Waals surface area contributed by atoms with E-state index in [1.807, 2.05) is 9.80 Å². The van der Waals surface area contributed by atoms with Gasteiger partial charge in [-0.15, -0.1) is 0 Å². The second-order valence-corrected chi connectivity index (χ2v) is 20.3. The van der Waals surface area contributed by atoms with E-state index in [0.717, 1.165) is 104 Å². The molecule has 2 aromatic heterocycles. The van der Waals surface area contributed by atoms with E-state index >= 15 is 0 Å². The molecule has 5 heterocycles. The summed E-state index contributed by atoms with van der Waals surface area (Å²) < 4.78 is 0. The Morgan fingerprint density at radius 2 is 1.05 bits per heavy atom. The van der Waals surface area contributed by atoms with Crippen LogP contribution in [-0.4, -0.2) is 113 Å². The fraction of sp³-hybridized carbons (Fsp3) is 0.520. The van der Waals surface area contributed by atoms with Crippen molar-refractivity contribution in [2.45, 2.75) is 127 Å². The van der Waals surface area contributed by atoms with Crippen LogP contribution in [0.25, 0.3) is 22.1 Å². The van der Waals surface area contributed by atoms with E-state index in [-0.39, 0.29) is 53.2 Å². The number of carboxylic acid groups (broad SMARTS) is 2. The summed E-state index contributed by atoms with van der Waals surface area (Å²) in [5, 5.41) is 19.6. The van der Waals surface area contributed by atoms with Crippen molar-refractivity contribution >= 4 is 51.8 Å². The number of H-pyrrole nitrogens is 2. The number of rotatable bonds is 11. The lowest BCUT2D eigenvalue weighted by Crippen LogP contribution is -2.50. The molecule has 0 unspecified atom stereocenters. The zero-order valence-electron chi connectivity index (χ0n) is 38.0. The highest BCUT2D eigenvalue weighted by molar-refractivity contribution is 5.88. The number of benzene rings is 3. The van der Waals surface area contributed by atoms with Crippen molar-refractivity contribution in [1.82, 2.24) is 39.5 Å². The Labute approximate surface area is 379 Å². The van der Waals surface area contributed by atoms with Crippen molar-refractivity contribution in [2.75, 3.05) is 32.1 Å². The van der Waals surface area contributed by atoms with E-state index in [9.17, 15) is 29.4 Å². The van der Waals surface area contributed by atoms with Gasteiger partial charge in [0.1, 0.15) is 23.7 Å². The van der Waals surface area contributed by atoms with Crippen molar-refractivity contribution < 1.29 is 29.4 Å². The monoisotopic (exact) mass is 883 g/mol. The molecule has 0 bridgehead atoms. The third-order valence-electron chi connectivity index (χ3n) is 15.0. The molecular weight excluding hydrogens is 823 g/mol. The third-order valence-corrected chi connectivity index (χ3v) is 15.0. The summed E-state index contributed by atoms with van der Waals surface area (Å²) >= 11 is 0. The number of nitrogens with zero attached hydrogens (tertiary/aromatic N) is 7. The first kappa shape index (κ1) is 42.8. The van der Waals surface area contributed by atoms with Gasteiger partial charge in [-0.2, -0.15) is 0 Å². The second kappa shape index (κ2) is 16.4. The highest BCUT2D eigenvalue weighted by Gasteiger charge is 2.47. The summed E-state index contributed by atoms with van der Waals surface area (Å²) in [5.74, 6) is 1.34. The third kappa shape index (κ3) is 7.94. The maximum atomic E-state index is 14.0. The van der Waals surface area contributed by atoms with E-state index in [2.05, 4.69) is 96.3 Å². The molecule has 3 saturated heterocycles. The van der Waals surface area contributed by atoms with Crippen LogP contribution in [0.3, 0.4) is 0 Å². The number of fused-ring (bicyclic) bond motifs is 2. The first-order valence-corrected chi connectivity index (χ1v) is 23.6. The Bertz CT molecular complexity index is 2490. The number of carbonyl (C=O) groups is 4. The van der Waals surface area contributed by atoms with E-state index in [4.69, 9.17) is 9.97 Å². The fourth-order valence-corrected chi connectivity index (χ4v) is 11.2. The molecule has 15 nitrogen and oxygen atoms in total. The van der Waals surface area contributed by atoms with Gasteiger partial charge in [-0.1, -0.05) is 45.0 Å². The average molecular weight is 884 g/mol. The average Bonchev–Trinajstić information content (AvgIpc) is 3.90. The van der Waals surface area contributed by atoms with Crippen LogP contribution in [0.1, 0.15) is 137 Å². The van der Waals surface area contributed by atoms with Gasteiger partial charge in [-0.05, 0) is 135 Å². The molecule has 4 N–H and O–H groups in total. The lowest BCUT2D eigenvalue weighted by Gasteiger charge is -2.34. The van der Waals surface area contributed by atoms with Gasteiger partial charge in [0.05, 0.1) is 46.2 Å². The Morgan fingerprint density at radius 3 is 1.43 bits per heavy atom. The number of anilines is 1. The summed E-state index contributed by atoms with van der Waals surface area (Å²) in [6.45, 7) is 7.84. The fourth-order valence-electron chi connectivity index (χ4n) is 11.2. The highest BCUT2D eigenvalue weighted by atomic mass is 16.4. The zero-order chi connectivity index (χ0) is 45.5. The van der Waals surface area contributed by atoms with Gasteiger partial charge >= 0.3 is 12.2 Å². The first-order chi connectivity index (χ1) is 31.2. The molecule has 2 aliphatic carbocycles. The number of aromatic amines is 2. The number of hydrogen-bond acceptors (Lipinski definition) is 7. The van der Waals surface area contributed by atoms with Gasteiger partial charge in [-0.3, -0.25) is 19.4 Å². The predicted octanol–water partition coefficient (Wildman–Crippen LogP) is 8.92. The number of carbonyl (C=O) groups excluding carboxylic acids is 2. The molecule has 5 aromatic rings. The second-order valence-electron chi connectivity index (χ2n) is 20.3. The minimum absolute atomic E-state index is 0.00403. The molecule has 10 rings (SSSR count). The number of hydrogen-bond donors (Lipinski definition) is 4. The van der Waals surface area contributed by atoms with Crippen molar-refractivity contribution in [1.29, 1.82) is 0 Å². The van der Waals surface area contributed by atoms with Gasteiger partial charge in [0.25, 0.3) is 0 Å². The van der Waals surface area contributed by atoms with Crippen LogP contribution in [0.15, 0.2) is 60.7 Å². The Balaban J connectivity index is 0.940. The lowest BCUT2D eigenvalue weighted by molar-refractivity contribution is -0.138. The molecule has 3 aromatic carbocycles. The molecule has 3 aliphatic heterocycles. The molecule has 342 valence electrons. The molecule has 5 fully saturated rings. The molecular formula is C50H61N9O6. The van der Waals surface area contributed by atoms with Crippen LogP contribution in [-0.2, 0) is 15.0 Å². The van der Waals surface area contributed by atoms with Gasteiger partial charge in [0, 0.05) is 32.9 Å². The van der Waals surface area contributed by atoms with Crippen molar-refractivity contribution in [3.05, 3.63) is 89.0 Å². The summed E-state index contributed by atoms with van der Waals surface area (Å²) in [5.41, 5.74) is 8.23. The van der Waals surface area contributed by atoms with Crippen LogP contribution in [0.2, 0.25) is 0 Å². The minimum atomic E-state index is -1.08. The SMILES string of the molecule is CN(C(=O)O)[C@H](C(=O)N1CCC[C@H]1c1nc2ccc([C@H]3CC[C@H](c4ccc5nc([C@@H]6CCCN6C(=O)[C@H](C6CC6)N(C)C(=O)O)[nH]c5c4)N3c3ccc(C(C)(C)C)cc3)cc2[nH]1)C1CC1. The molecule has 6 atom stereocenters. The largest absolute Gasteiger partial charge is 0.465 e. The summed E-state index contributed by atoms with van der Waals surface area (Å²) in [6, 6.07) is 20.2. The van der Waals surface area contributed by atoms with Crippen molar-refractivity contribution in [3.63, 3.8) is 0 Å². The molecule has 0 radical (unpaired) electrons. The Kier molecular flexibility index (Phi) is 10.8. The molecule has 5 aliphatic rings. The summed E-state index contributed by atoms with van der Waals surface area (Å²) in [7, 11) is 3.01. The van der Waals surface area contributed by atoms with Crippen molar-refractivity contribution in [2.24, 2.45) is 11.8 Å². The van der Waals surface area contributed by atoms with Gasteiger partial charge in [0.2, 0.25) is 11.8 Å². The van der Waals surface area contributed by atoms with E-state index in [1.54, 1.807) is 0 Å². The number of likely N-dealkylation sites (N-methyl/N-ethyl adjacent to an activating group) is 2. The number of imidazole rings is 2. The normalized spacial score (nSPS) is 23.4. The molecule has 65 heavy (non-hydrogen) atoms. The molecule has 15 heteroatoms. The van der Waals surface area contributed by atoms with E-state index in [0.29, 0.717) is 13.1 Å². The van der Waals surface area contributed by atoms with Crippen LogP contribution >= 0.6 is 0 Å². The maximum Gasteiger partial charge on any atom is 0.407 e. The van der Waals surface area contributed by atoms with Crippen LogP contribution in [0.4, 0.5) is 15.3 Å². The Hall–Kier alpha value is -6.12. The van der Waals surface area contributed by atoms with Gasteiger partial charge < -0.3 is 34.9 Å². The number of nitrogens with one attached hydrogen (secondary N) is 2. The lowest BCUT2D eigenvalue weighted by atomic mass is 9.87. The van der Waals surface area contributed by atoms with Gasteiger partial charge in [-0.25, -0.2) is 19.6 Å². The highest BCUT2D eigenvalue weighted by Crippen LogP contribution is 2.49. The van der Waals surface area contributed by atoms with Crippen molar-refractivity contribution in [3.8, 4) is 0 Å². The standard InChI is InChI=1S/C50H61N9O6/c1-50(2,3)32-16-18-33(19-17-32)59-38(30-14-20-34-36(26-30)53-44(51-34)40-8-6-24-57(40)46(60)42(28-10-11-28)55(4)48(62)63)22-23-39(59)31-15-21-35-37(27-31)54-45(52-35)41-9-7-25-58(41)47(61)43(29-12-13-29)56(5)49(64)65/h14-21,26-29,38-43H,6-13,22-25H2,1-5H3,(H,51,53)(H,52,54)(H,62,63)(H,64,65)/t38-,39-,40+,41+,42+,43+/m1/s1. The topological polar surface area (TPSA) is 182 Å². The maximum absolute atomic E-state index is 14.0. The first-order valence-electron chi connectivity index (χ1n) is 23.6. The molecule has 4 amide bonds. The molecule has 2 saturated carbocycles. The summed E-state index contributed by atoms with van der Waals surface area (Å²) in [6.07, 6.45) is 6.29.